The van der Waals surface area contributed by atoms with Crippen LogP contribution in [0.25, 0.3) is 0 Å². The molecule has 1 aromatic carbocycles. The minimum absolute atomic E-state index is 0.227. The molecule has 0 aliphatic carbocycles. The number of rotatable bonds is 5. The number of nitrogens with zero attached hydrogens (tertiary/aromatic N) is 1. The van der Waals surface area contributed by atoms with E-state index in [0.29, 0.717) is 23.7 Å². The topological polar surface area (TPSA) is 63.7 Å². The summed E-state index contributed by atoms with van der Waals surface area (Å²) in [4.78, 5) is 36.6. The summed E-state index contributed by atoms with van der Waals surface area (Å²) in [6.07, 6.45) is 0.288. The molecule has 6 heteroatoms. The molecule has 0 spiro atoms. The molecule has 0 aromatic heterocycles. The van der Waals surface area contributed by atoms with Crippen LogP contribution in [0, 0.1) is 0 Å². The van der Waals surface area contributed by atoms with E-state index in [4.69, 9.17) is 4.74 Å². The molecule has 0 unspecified atom stereocenters. The molecule has 1 aromatic rings. The summed E-state index contributed by atoms with van der Waals surface area (Å²) < 4.78 is 5.39. The first-order chi connectivity index (χ1) is 9.63. The van der Waals surface area contributed by atoms with E-state index in [0.717, 1.165) is 16.7 Å². The van der Waals surface area contributed by atoms with E-state index in [2.05, 4.69) is 0 Å². The molecule has 0 saturated carbocycles. The van der Waals surface area contributed by atoms with Gasteiger partial charge in [0.1, 0.15) is 5.75 Å². The fraction of sp³-hybridized carbons (Fsp3) is 0.357. The summed E-state index contributed by atoms with van der Waals surface area (Å²) in [6.45, 7) is 2.05. The maximum atomic E-state index is 12.3. The molecule has 0 atom stereocenters. The Morgan fingerprint density at radius 1 is 1.35 bits per heavy atom. The molecular formula is C14H15NO4S. The monoisotopic (exact) mass is 293 g/mol. The lowest BCUT2D eigenvalue weighted by atomic mass is 10.1. The Hall–Kier alpha value is -1.82. The summed E-state index contributed by atoms with van der Waals surface area (Å²) in [7, 11) is 0. The Labute approximate surface area is 121 Å². The number of ketones is 1. The van der Waals surface area contributed by atoms with Crippen molar-refractivity contribution in [2.24, 2.45) is 0 Å². The maximum Gasteiger partial charge on any atom is 0.288 e. The zero-order valence-electron chi connectivity index (χ0n) is 11.1. The first-order valence-corrected chi connectivity index (χ1v) is 7.34. The number of para-hydroxylation sites is 1. The molecule has 1 fully saturated rings. The molecule has 1 aliphatic rings. The van der Waals surface area contributed by atoms with E-state index in [1.54, 1.807) is 24.3 Å². The van der Waals surface area contributed by atoms with Gasteiger partial charge in [0.15, 0.2) is 5.78 Å². The molecule has 5 nitrogen and oxygen atoms in total. The highest BCUT2D eigenvalue weighted by Crippen LogP contribution is 2.22. The van der Waals surface area contributed by atoms with Gasteiger partial charge in [0, 0.05) is 12.2 Å². The average molecular weight is 293 g/mol. The van der Waals surface area contributed by atoms with Crippen LogP contribution in [-0.4, -0.2) is 40.7 Å². The highest BCUT2D eigenvalue weighted by atomic mass is 32.2. The Morgan fingerprint density at radius 2 is 2.10 bits per heavy atom. The van der Waals surface area contributed by atoms with Gasteiger partial charge in [-0.05, 0) is 19.1 Å². The molecule has 106 valence electrons. The van der Waals surface area contributed by atoms with Crippen molar-refractivity contribution in [1.82, 2.24) is 4.90 Å². The number of carbonyl (C=O) groups excluding carboxylic acids is 3. The first kappa shape index (κ1) is 14.6. The van der Waals surface area contributed by atoms with Crippen LogP contribution < -0.4 is 4.74 Å². The molecule has 1 heterocycles. The Bertz CT molecular complexity index is 528. The minimum atomic E-state index is -0.358. The van der Waals surface area contributed by atoms with Crippen LogP contribution in [0.1, 0.15) is 23.7 Å². The summed E-state index contributed by atoms with van der Waals surface area (Å²) >= 11 is 1.06. The van der Waals surface area contributed by atoms with E-state index >= 15 is 0 Å². The standard InChI is InChI=1S/C14H15NO4S/c1-2-19-12-6-4-3-5-10(12)11(16)9-15-13(17)7-8-20-14(15)18/h3-6H,2,7-9H2,1H3. The molecule has 0 N–H and O–H groups in total. The SMILES string of the molecule is CCOc1ccccc1C(=O)CN1C(=O)CCSC1=O. The zero-order valence-corrected chi connectivity index (χ0v) is 11.9. The van der Waals surface area contributed by atoms with Crippen molar-refractivity contribution in [3.8, 4) is 5.75 Å². The van der Waals surface area contributed by atoms with E-state index < -0.39 is 0 Å². The zero-order chi connectivity index (χ0) is 14.5. The molecule has 0 bridgehead atoms. The lowest BCUT2D eigenvalue weighted by Crippen LogP contribution is -2.41. The van der Waals surface area contributed by atoms with Gasteiger partial charge in [-0.25, -0.2) is 0 Å². The third kappa shape index (κ3) is 3.19. The third-order valence-corrected chi connectivity index (χ3v) is 3.73. The quantitative estimate of drug-likeness (QED) is 0.780. The number of Topliss-reactive ketones (excluding diaryl/α,β-unsaturated/α-hetero) is 1. The number of ether oxygens (including phenoxy) is 1. The maximum absolute atomic E-state index is 12.3. The molecule has 1 saturated heterocycles. The fourth-order valence-corrected chi connectivity index (χ4v) is 2.67. The first-order valence-electron chi connectivity index (χ1n) is 6.35. The highest BCUT2D eigenvalue weighted by molar-refractivity contribution is 8.13. The Kier molecular flexibility index (Phi) is 4.79. The lowest BCUT2D eigenvalue weighted by molar-refractivity contribution is -0.127. The second-order valence-corrected chi connectivity index (χ2v) is 5.24. The molecule has 20 heavy (non-hydrogen) atoms. The van der Waals surface area contributed by atoms with Gasteiger partial charge < -0.3 is 4.74 Å². The van der Waals surface area contributed by atoms with E-state index in [9.17, 15) is 14.4 Å². The van der Waals surface area contributed by atoms with E-state index in [-0.39, 0.29) is 29.9 Å². The normalized spacial score (nSPS) is 15.3. The highest BCUT2D eigenvalue weighted by Gasteiger charge is 2.29. The third-order valence-electron chi connectivity index (χ3n) is 2.85. The summed E-state index contributed by atoms with van der Waals surface area (Å²) in [6, 6.07) is 6.84. The average Bonchev–Trinajstić information content (AvgIpc) is 2.44. The van der Waals surface area contributed by atoms with E-state index in [1.165, 1.54) is 0 Å². The second-order valence-electron chi connectivity index (χ2n) is 4.20. The van der Waals surface area contributed by atoms with Crippen molar-refractivity contribution in [3.05, 3.63) is 29.8 Å². The summed E-state index contributed by atoms with van der Waals surface area (Å²) in [5, 5.41) is -0.358. The van der Waals surface area contributed by atoms with Crippen LogP contribution in [0.4, 0.5) is 4.79 Å². The Balaban J connectivity index is 2.15. The van der Waals surface area contributed by atoms with Crippen LogP contribution in [0.15, 0.2) is 24.3 Å². The minimum Gasteiger partial charge on any atom is -0.493 e. The number of hydrogen-bond acceptors (Lipinski definition) is 5. The lowest BCUT2D eigenvalue weighted by Gasteiger charge is -2.23. The number of amides is 2. The van der Waals surface area contributed by atoms with Crippen LogP contribution >= 0.6 is 11.8 Å². The van der Waals surface area contributed by atoms with Gasteiger partial charge in [-0.2, -0.15) is 0 Å². The van der Waals surface area contributed by atoms with Gasteiger partial charge in [-0.1, -0.05) is 23.9 Å². The van der Waals surface area contributed by atoms with Crippen molar-refractivity contribution in [2.45, 2.75) is 13.3 Å². The van der Waals surface area contributed by atoms with Crippen molar-refractivity contribution in [3.63, 3.8) is 0 Å². The summed E-state index contributed by atoms with van der Waals surface area (Å²) in [5.41, 5.74) is 0.394. The number of hydrogen-bond donors (Lipinski definition) is 0. The number of imide groups is 1. The van der Waals surface area contributed by atoms with Gasteiger partial charge in [0.05, 0.1) is 18.7 Å². The summed E-state index contributed by atoms with van der Waals surface area (Å²) in [5.74, 6) is 0.372. The number of thioether (sulfide) groups is 1. The predicted octanol–water partition coefficient (Wildman–Crippen LogP) is 2.35. The molecular weight excluding hydrogens is 278 g/mol. The molecule has 2 amide bonds. The van der Waals surface area contributed by atoms with Crippen LogP contribution in [0.3, 0.4) is 0 Å². The fourth-order valence-electron chi connectivity index (χ4n) is 1.90. The van der Waals surface area contributed by atoms with E-state index in [1.807, 2.05) is 6.92 Å². The van der Waals surface area contributed by atoms with Crippen molar-refractivity contribution >= 4 is 28.7 Å². The van der Waals surface area contributed by atoms with Crippen molar-refractivity contribution in [2.75, 3.05) is 18.9 Å². The molecule has 0 radical (unpaired) electrons. The van der Waals surface area contributed by atoms with Gasteiger partial charge in [-0.15, -0.1) is 0 Å². The van der Waals surface area contributed by atoms with Crippen LogP contribution in [-0.2, 0) is 4.79 Å². The van der Waals surface area contributed by atoms with Gasteiger partial charge >= 0.3 is 0 Å². The van der Waals surface area contributed by atoms with Crippen LogP contribution in [0.5, 0.6) is 5.75 Å². The smallest absolute Gasteiger partial charge is 0.288 e. The molecule has 2 rings (SSSR count). The van der Waals surface area contributed by atoms with Gasteiger partial charge in [-0.3, -0.25) is 19.3 Å². The largest absolute Gasteiger partial charge is 0.493 e. The van der Waals surface area contributed by atoms with Gasteiger partial charge in [0.25, 0.3) is 5.24 Å². The van der Waals surface area contributed by atoms with Crippen molar-refractivity contribution in [1.29, 1.82) is 0 Å². The van der Waals surface area contributed by atoms with Gasteiger partial charge in [0.2, 0.25) is 5.91 Å². The van der Waals surface area contributed by atoms with Crippen molar-refractivity contribution < 1.29 is 19.1 Å². The number of benzene rings is 1. The van der Waals surface area contributed by atoms with Crippen LogP contribution in [0.2, 0.25) is 0 Å². The predicted molar refractivity (Wildman–Crippen MR) is 76.1 cm³/mol. The number of carbonyl (C=O) groups is 3. The molecule has 1 aliphatic heterocycles. The Morgan fingerprint density at radius 3 is 2.80 bits per heavy atom. The second kappa shape index (κ2) is 6.56.